The second-order valence-electron chi connectivity index (χ2n) is 4.41. The van der Waals surface area contributed by atoms with Gasteiger partial charge in [0.1, 0.15) is 11.3 Å². The lowest BCUT2D eigenvalue weighted by molar-refractivity contribution is 0.628. The molecule has 2 heterocycles. The Morgan fingerprint density at radius 1 is 1.17 bits per heavy atom. The van der Waals surface area contributed by atoms with Gasteiger partial charge in [0.15, 0.2) is 5.76 Å². The lowest BCUT2D eigenvalue weighted by atomic mass is 10.1. The van der Waals surface area contributed by atoms with Gasteiger partial charge >= 0.3 is 0 Å². The second-order valence-corrected chi connectivity index (χ2v) is 4.41. The first kappa shape index (κ1) is 11.0. The van der Waals surface area contributed by atoms with E-state index in [0.29, 0.717) is 6.54 Å². The molecule has 2 N–H and O–H groups in total. The lowest BCUT2D eigenvalue weighted by Gasteiger charge is -1.97. The van der Waals surface area contributed by atoms with E-state index in [-0.39, 0.29) is 0 Å². The molecule has 1 aromatic carbocycles. The summed E-state index contributed by atoms with van der Waals surface area (Å²) in [4.78, 5) is 4.36. The van der Waals surface area contributed by atoms with Crippen LogP contribution >= 0.6 is 0 Å². The van der Waals surface area contributed by atoms with Crippen molar-refractivity contribution in [3.8, 4) is 11.5 Å². The number of nitrogens with two attached hydrogens (primary N) is 1. The minimum absolute atomic E-state index is 0.507. The Balaban J connectivity index is 2.07. The third kappa shape index (κ3) is 1.89. The summed E-state index contributed by atoms with van der Waals surface area (Å²) in [5.41, 5.74) is 9.52. The van der Waals surface area contributed by atoms with Gasteiger partial charge < -0.3 is 10.2 Å². The molecule has 2 aromatic heterocycles. The fourth-order valence-corrected chi connectivity index (χ4v) is 1.98. The van der Waals surface area contributed by atoms with Gasteiger partial charge in [-0.3, -0.25) is 4.98 Å². The molecule has 0 fully saturated rings. The average molecular weight is 238 g/mol. The van der Waals surface area contributed by atoms with E-state index < -0.39 is 0 Å². The van der Waals surface area contributed by atoms with Gasteiger partial charge in [0.2, 0.25) is 0 Å². The van der Waals surface area contributed by atoms with Crippen LogP contribution in [-0.2, 0) is 6.54 Å². The highest BCUT2D eigenvalue weighted by atomic mass is 16.3. The number of rotatable bonds is 2. The monoisotopic (exact) mass is 238 g/mol. The molecule has 90 valence electrons. The van der Waals surface area contributed by atoms with Crippen LogP contribution in [0.2, 0.25) is 0 Å². The minimum Gasteiger partial charge on any atom is -0.454 e. The van der Waals surface area contributed by atoms with Crippen LogP contribution in [0.15, 0.2) is 47.0 Å². The Morgan fingerprint density at radius 2 is 2.06 bits per heavy atom. The lowest BCUT2D eigenvalue weighted by Crippen LogP contribution is -1.96. The zero-order valence-electron chi connectivity index (χ0n) is 10.2. The fourth-order valence-electron chi connectivity index (χ4n) is 1.98. The first-order valence-corrected chi connectivity index (χ1v) is 5.92. The molecule has 0 bridgehead atoms. The van der Waals surface area contributed by atoms with Crippen LogP contribution in [0.1, 0.15) is 11.1 Å². The van der Waals surface area contributed by atoms with Gasteiger partial charge in [-0.25, -0.2) is 0 Å². The molecule has 3 aromatic rings. The van der Waals surface area contributed by atoms with Crippen molar-refractivity contribution in [1.29, 1.82) is 0 Å². The zero-order chi connectivity index (χ0) is 12.5. The molecule has 3 heteroatoms. The summed E-state index contributed by atoms with van der Waals surface area (Å²) in [7, 11) is 0. The van der Waals surface area contributed by atoms with Crippen LogP contribution in [0.25, 0.3) is 22.4 Å². The second kappa shape index (κ2) is 4.27. The van der Waals surface area contributed by atoms with E-state index in [9.17, 15) is 0 Å². The SMILES string of the molecule is Cc1ccc2oc(-c3ccc(CN)cn3)cc2c1. The molecule has 0 spiro atoms. The standard InChI is InChI=1S/C15H14N2O/c1-10-2-5-14-12(6-10)7-15(18-14)13-4-3-11(8-16)9-17-13/h2-7,9H,8,16H2,1H3. The largest absolute Gasteiger partial charge is 0.454 e. The van der Waals surface area contributed by atoms with Crippen molar-refractivity contribution in [3.63, 3.8) is 0 Å². The number of aromatic nitrogens is 1. The molecular formula is C15H14N2O. The topological polar surface area (TPSA) is 52.0 Å². The number of benzene rings is 1. The number of hydrogen-bond donors (Lipinski definition) is 1. The maximum absolute atomic E-state index is 5.79. The number of nitrogens with zero attached hydrogens (tertiary/aromatic N) is 1. The van der Waals surface area contributed by atoms with Crippen LogP contribution in [0.4, 0.5) is 0 Å². The highest BCUT2D eigenvalue weighted by molar-refractivity contribution is 5.82. The van der Waals surface area contributed by atoms with Crippen molar-refractivity contribution in [1.82, 2.24) is 4.98 Å². The molecule has 0 aliphatic carbocycles. The molecule has 0 radical (unpaired) electrons. The van der Waals surface area contributed by atoms with E-state index in [2.05, 4.69) is 18.0 Å². The molecule has 0 atom stereocenters. The summed E-state index contributed by atoms with van der Waals surface area (Å²) in [6.45, 7) is 2.58. The Kier molecular flexibility index (Phi) is 2.61. The number of hydrogen-bond acceptors (Lipinski definition) is 3. The van der Waals surface area contributed by atoms with E-state index in [0.717, 1.165) is 28.0 Å². The Hall–Kier alpha value is -2.13. The summed E-state index contributed by atoms with van der Waals surface area (Å²) in [5.74, 6) is 0.791. The molecule has 0 aliphatic rings. The summed E-state index contributed by atoms with van der Waals surface area (Å²) in [6, 6.07) is 12.1. The molecule has 0 saturated heterocycles. The quantitative estimate of drug-likeness (QED) is 0.745. The molecule has 0 amide bonds. The zero-order valence-corrected chi connectivity index (χ0v) is 10.2. The van der Waals surface area contributed by atoms with Gasteiger partial charge in [0, 0.05) is 18.1 Å². The van der Waals surface area contributed by atoms with E-state index in [1.54, 1.807) is 6.20 Å². The number of aryl methyl sites for hydroxylation is 1. The maximum Gasteiger partial charge on any atom is 0.153 e. The van der Waals surface area contributed by atoms with Crippen LogP contribution in [0, 0.1) is 6.92 Å². The van der Waals surface area contributed by atoms with Crippen molar-refractivity contribution in [2.75, 3.05) is 0 Å². The predicted octanol–water partition coefficient (Wildman–Crippen LogP) is 3.26. The van der Waals surface area contributed by atoms with E-state index in [1.165, 1.54) is 5.56 Å². The Labute approximate surface area is 105 Å². The van der Waals surface area contributed by atoms with Gasteiger partial charge in [-0.15, -0.1) is 0 Å². The van der Waals surface area contributed by atoms with Crippen molar-refractivity contribution in [2.45, 2.75) is 13.5 Å². The maximum atomic E-state index is 5.79. The van der Waals surface area contributed by atoms with Crippen molar-refractivity contribution in [3.05, 3.63) is 53.7 Å². The summed E-state index contributed by atoms with van der Waals surface area (Å²) < 4.78 is 5.79. The normalized spacial score (nSPS) is 11.0. The van der Waals surface area contributed by atoms with Gasteiger partial charge in [0.25, 0.3) is 0 Å². The summed E-state index contributed by atoms with van der Waals surface area (Å²) >= 11 is 0. The van der Waals surface area contributed by atoms with Crippen molar-refractivity contribution >= 4 is 11.0 Å². The van der Waals surface area contributed by atoms with Gasteiger partial charge in [-0.05, 0) is 36.8 Å². The third-order valence-corrected chi connectivity index (χ3v) is 2.98. The molecule has 0 aliphatic heterocycles. The Morgan fingerprint density at radius 3 is 2.78 bits per heavy atom. The van der Waals surface area contributed by atoms with Gasteiger partial charge in [-0.1, -0.05) is 17.7 Å². The fraction of sp³-hybridized carbons (Fsp3) is 0.133. The number of fused-ring (bicyclic) bond motifs is 1. The van der Waals surface area contributed by atoms with E-state index in [4.69, 9.17) is 10.2 Å². The highest BCUT2D eigenvalue weighted by Crippen LogP contribution is 2.27. The number of furan rings is 1. The van der Waals surface area contributed by atoms with Crippen LogP contribution in [-0.4, -0.2) is 4.98 Å². The molecule has 3 rings (SSSR count). The van der Waals surface area contributed by atoms with Crippen molar-refractivity contribution < 1.29 is 4.42 Å². The highest BCUT2D eigenvalue weighted by Gasteiger charge is 2.07. The van der Waals surface area contributed by atoms with Crippen LogP contribution < -0.4 is 5.73 Å². The molecule has 18 heavy (non-hydrogen) atoms. The Bertz CT molecular complexity index is 683. The predicted molar refractivity (Wildman–Crippen MR) is 72.1 cm³/mol. The molecule has 3 nitrogen and oxygen atoms in total. The summed E-state index contributed by atoms with van der Waals surface area (Å²) in [6.07, 6.45) is 1.79. The van der Waals surface area contributed by atoms with Crippen LogP contribution in [0.3, 0.4) is 0 Å². The van der Waals surface area contributed by atoms with Crippen molar-refractivity contribution in [2.24, 2.45) is 5.73 Å². The summed E-state index contributed by atoms with van der Waals surface area (Å²) in [5, 5.41) is 1.11. The number of pyridine rings is 1. The van der Waals surface area contributed by atoms with Gasteiger partial charge in [-0.2, -0.15) is 0 Å². The molecular weight excluding hydrogens is 224 g/mol. The van der Waals surface area contributed by atoms with Gasteiger partial charge in [0.05, 0.1) is 0 Å². The van der Waals surface area contributed by atoms with E-state index in [1.807, 2.05) is 30.3 Å². The molecule has 0 saturated carbocycles. The van der Waals surface area contributed by atoms with E-state index >= 15 is 0 Å². The minimum atomic E-state index is 0.507. The third-order valence-electron chi connectivity index (χ3n) is 2.98. The first-order chi connectivity index (χ1) is 8.76. The first-order valence-electron chi connectivity index (χ1n) is 5.92. The average Bonchev–Trinajstić information content (AvgIpc) is 2.81. The smallest absolute Gasteiger partial charge is 0.153 e. The molecule has 0 unspecified atom stereocenters. The van der Waals surface area contributed by atoms with Crippen LogP contribution in [0.5, 0.6) is 0 Å².